The first-order chi connectivity index (χ1) is 11.3. The molecule has 0 aromatic heterocycles. The summed E-state index contributed by atoms with van der Waals surface area (Å²) in [6.45, 7) is 6.63. The van der Waals surface area contributed by atoms with E-state index in [1.54, 1.807) is 13.8 Å². The van der Waals surface area contributed by atoms with E-state index in [-0.39, 0.29) is 13.0 Å². The van der Waals surface area contributed by atoms with Gasteiger partial charge in [0.25, 0.3) is 0 Å². The maximum atomic E-state index is 12.4. The van der Waals surface area contributed by atoms with E-state index in [0.717, 1.165) is 12.5 Å². The fraction of sp³-hybridized carbons (Fsp3) is 0.625. The van der Waals surface area contributed by atoms with Gasteiger partial charge in [0.15, 0.2) is 0 Å². The molecule has 0 spiro atoms. The largest absolute Gasteiger partial charge is 0.478 e. The van der Waals surface area contributed by atoms with Crippen molar-refractivity contribution in [1.29, 1.82) is 0 Å². The van der Waals surface area contributed by atoms with Crippen molar-refractivity contribution >= 4 is 23.8 Å². The van der Waals surface area contributed by atoms with Crippen LogP contribution in [-0.2, 0) is 23.9 Å². The van der Waals surface area contributed by atoms with Crippen molar-refractivity contribution in [1.82, 2.24) is 10.2 Å². The number of rotatable bonds is 11. The van der Waals surface area contributed by atoms with Crippen LogP contribution < -0.4 is 5.32 Å². The molecule has 0 aliphatic heterocycles. The second kappa shape index (κ2) is 12.1. The highest BCUT2D eigenvalue weighted by atomic mass is 16.5. The third kappa shape index (κ3) is 8.92. The Hall–Kier alpha value is -2.38. The second-order valence-corrected chi connectivity index (χ2v) is 5.02. The number of hydrogen-bond donors (Lipinski definition) is 2. The van der Waals surface area contributed by atoms with Crippen LogP contribution in [0.25, 0.3) is 0 Å². The molecule has 0 radical (unpaired) electrons. The fourth-order valence-corrected chi connectivity index (χ4v) is 1.88. The first kappa shape index (κ1) is 21.6. The lowest BCUT2D eigenvalue weighted by Crippen LogP contribution is -2.49. The number of likely N-dealkylation sites (N-methyl/N-ethyl adjacent to an activating group) is 1. The Morgan fingerprint density at radius 2 is 1.75 bits per heavy atom. The number of carbonyl (C=O) groups excluding carboxylic acids is 3. The molecule has 8 nitrogen and oxygen atoms in total. The van der Waals surface area contributed by atoms with Crippen LogP contribution in [0.2, 0.25) is 0 Å². The van der Waals surface area contributed by atoms with Crippen LogP contribution in [0.1, 0.15) is 40.0 Å². The second-order valence-electron chi connectivity index (χ2n) is 5.02. The van der Waals surface area contributed by atoms with E-state index in [1.807, 2.05) is 6.92 Å². The molecular weight excluding hydrogens is 316 g/mol. The van der Waals surface area contributed by atoms with Gasteiger partial charge in [-0.25, -0.2) is 4.79 Å². The highest BCUT2D eigenvalue weighted by Gasteiger charge is 2.27. The highest BCUT2D eigenvalue weighted by molar-refractivity contribution is 5.97. The van der Waals surface area contributed by atoms with E-state index in [2.05, 4.69) is 5.32 Å². The molecular formula is C16H26N2O6. The molecule has 136 valence electrons. The van der Waals surface area contributed by atoms with Crippen molar-refractivity contribution in [2.24, 2.45) is 0 Å². The Kier molecular flexibility index (Phi) is 10.9. The number of aliphatic carboxylic acids is 1. The monoisotopic (exact) mass is 342 g/mol. The molecule has 0 aliphatic rings. The summed E-state index contributed by atoms with van der Waals surface area (Å²) in [5.74, 6) is -3.04. The molecule has 8 heteroatoms. The summed E-state index contributed by atoms with van der Waals surface area (Å²) in [6, 6.07) is -1.09. The van der Waals surface area contributed by atoms with Crippen molar-refractivity contribution in [3.63, 3.8) is 0 Å². The minimum absolute atomic E-state index is 0.258. The van der Waals surface area contributed by atoms with E-state index in [0.29, 0.717) is 25.6 Å². The Bertz CT molecular complexity index is 471. The van der Waals surface area contributed by atoms with E-state index in [9.17, 15) is 19.2 Å². The number of unbranched alkanes of at least 4 members (excludes halogenated alkanes) is 1. The van der Waals surface area contributed by atoms with Crippen LogP contribution in [0.3, 0.4) is 0 Å². The van der Waals surface area contributed by atoms with Crippen molar-refractivity contribution in [2.75, 3.05) is 19.7 Å². The zero-order valence-corrected chi connectivity index (χ0v) is 14.4. The normalized spacial score (nSPS) is 11.8. The minimum Gasteiger partial charge on any atom is -0.478 e. The highest BCUT2D eigenvalue weighted by Crippen LogP contribution is 2.03. The third-order valence-corrected chi connectivity index (χ3v) is 3.20. The fourth-order valence-electron chi connectivity index (χ4n) is 1.88. The van der Waals surface area contributed by atoms with E-state index < -0.39 is 29.8 Å². The first-order valence-corrected chi connectivity index (χ1v) is 8.01. The molecule has 0 bridgehead atoms. The lowest BCUT2D eigenvalue weighted by molar-refractivity contribution is -0.148. The summed E-state index contributed by atoms with van der Waals surface area (Å²) >= 11 is 0. The van der Waals surface area contributed by atoms with Crippen molar-refractivity contribution in [3.8, 4) is 0 Å². The molecule has 1 atom stereocenters. The molecule has 0 aliphatic carbocycles. The number of carboxylic acids is 1. The van der Waals surface area contributed by atoms with Crippen LogP contribution in [0.5, 0.6) is 0 Å². The molecule has 0 aromatic carbocycles. The van der Waals surface area contributed by atoms with Crippen LogP contribution >= 0.6 is 0 Å². The zero-order valence-electron chi connectivity index (χ0n) is 14.4. The average molecular weight is 342 g/mol. The van der Waals surface area contributed by atoms with Gasteiger partial charge in [-0.1, -0.05) is 13.3 Å². The van der Waals surface area contributed by atoms with Crippen LogP contribution in [0.4, 0.5) is 0 Å². The van der Waals surface area contributed by atoms with Gasteiger partial charge in [-0.3, -0.25) is 14.4 Å². The number of esters is 1. The van der Waals surface area contributed by atoms with Gasteiger partial charge < -0.3 is 20.1 Å². The van der Waals surface area contributed by atoms with Gasteiger partial charge in [-0.2, -0.15) is 0 Å². The standard InChI is InChI=1S/C16H26N2O6/c1-4-7-10-24-15(22)11-12(16(23)18(5-2)6-3)17-13(19)8-9-14(20)21/h8-9,12H,4-7,10-11H2,1-3H3,(H,17,19)(H,20,21)/b9-8-. The van der Waals surface area contributed by atoms with Gasteiger partial charge in [0.1, 0.15) is 6.04 Å². The Labute approximate surface area is 141 Å². The van der Waals surface area contributed by atoms with Crippen molar-refractivity contribution in [3.05, 3.63) is 12.2 Å². The first-order valence-electron chi connectivity index (χ1n) is 8.01. The number of carboxylic acid groups (broad SMARTS) is 1. The number of amides is 2. The molecule has 0 fully saturated rings. The van der Waals surface area contributed by atoms with Crippen LogP contribution in [0, 0.1) is 0 Å². The van der Waals surface area contributed by atoms with Crippen molar-refractivity contribution in [2.45, 2.75) is 46.1 Å². The lowest BCUT2D eigenvalue weighted by Gasteiger charge is -2.25. The molecule has 1 unspecified atom stereocenters. The average Bonchev–Trinajstić information content (AvgIpc) is 2.53. The molecule has 2 N–H and O–H groups in total. The Morgan fingerprint density at radius 1 is 1.12 bits per heavy atom. The summed E-state index contributed by atoms with van der Waals surface area (Å²) in [5.41, 5.74) is 0. The maximum absolute atomic E-state index is 12.4. The number of ether oxygens (including phenoxy) is 1. The van der Waals surface area contributed by atoms with Crippen molar-refractivity contribution < 1.29 is 29.0 Å². The third-order valence-electron chi connectivity index (χ3n) is 3.20. The summed E-state index contributed by atoms with van der Waals surface area (Å²) in [6.07, 6.45) is 2.74. The molecule has 0 saturated heterocycles. The summed E-state index contributed by atoms with van der Waals surface area (Å²) in [4.78, 5) is 47.9. The molecule has 0 aromatic rings. The SMILES string of the molecule is CCCCOC(=O)CC(NC(=O)/C=C\C(=O)O)C(=O)N(CC)CC. The molecule has 0 saturated carbocycles. The smallest absolute Gasteiger partial charge is 0.328 e. The number of nitrogens with one attached hydrogen (secondary N) is 1. The van der Waals surface area contributed by atoms with E-state index in [4.69, 9.17) is 9.84 Å². The van der Waals surface area contributed by atoms with Gasteiger partial charge in [0, 0.05) is 25.2 Å². The molecule has 0 heterocycles. The van der Waals surface area contributed by atoms with Gasteiger partial charge in [-0.15, -0.1) is 0 Å². The summed E-state index contributed by atoms with van der Waals surface area (Å²) in [7, 11) is 0. The van der Waals surface area contributed by atoms with Gasteiger partial charge in [0.05, 0.1) is 13.0 Å². The van der Waals surface area contributed by atoms with E-state index in [1.165, 1.54) is 4.90 Å². The maximum Gasteiger partial charge on any atom is 0.328 e. The number of hydrogen-bond acceptors (Lipinski definition) is 5. The Balaban J connectivity index is 4.94. The number of carbonyl (C=O) groups is 4. The Morgan fingerprint density at radius 3 is 2.25 bits per heavy atom. The summed E-state index contributed by atoms with van der Waals surface area (Å²) < 4.78 is 5.02. The predicted molar refractivity (Wildman–Crippen MR) is 87.1 cm³/mol. The van der Waals surface area contributed by atoms with Crippen LogP contribution in [0.15, 0.2) is 12.2 Å². The number of nitrogens with zero attached hydrogens (tertiary/aromatic N) is 1. The van der Waals surface area contributed by atoms with Gasteiger partial charge in [-0.05, 0) is 20.3 Å². The molecule has 2 amide bonds. The summed E-state index contributed by atoms with van der Waals surface area (Å²) in [5, 5.41) is 10.9. The quantitative estimate of drug-likeness (QED) is 0.325. The topological polar surface area (TPSA) is 113 Å². The van der Waals surface area contributed by atoms with Gasteiger partial charge in [0.2, 0.25) is 11.8 Å². The molecule has 0 rings (SSSR count). The minimum atomic E-state index is -1.28. The predicted octanol–water partition coefficient (Wildman–Crippen LogP) is 0.714. The van der Waals surface area contributed by atoms with Crippen LogP contribution in [-0.4, -0.2) is 59.5 Å². The van der Waals surface area contributed by atoms with Gasteiger partial charge >= 0.3 is 11.9 Å². The lowest BCUT2D eigenvalue weighted by atomic mass is 10.1. The van der Waals surface area contributed by atoms with E-state index >= 15 is 0 Å². The zero-order chi connectivity index (χ0) is 18.5. The molecule has 24 heavy (non-hydrogen) atoms.